The van der Waals surface area contributed by atoms with E-state index in [1.165, 1.54) is 0 Å². The molecule has 0 aliphatic carbocycles. The third-order valence-electron chi connectivity index (χ3n) is 3.56. The molecule has 6 heteroatoms. The van der Waals surface area contributed by atoms with Crippen molar-refractivity contribution in [3.05, 3.63) is 29.8 Å². The molecule has 0 aromatic heterocycles. The van der Waals surface area contributed by atoms with Gasteiger partial charge >= 0.3 is 0 Å². The summed E-state index contributed by atoms with van der Waals surface area (Å²) in [6.07, 6.45) is 2.07. The van der Waals surface area contributed by atoms with Crippen molar-refractivity contribution in [1.29, 1.82) is 0 Å². The number of piperidine rings is 1. The SMILES string of the molecule is NNC(=O)c1ccccc1OCCN1CCC(N)CC1. The predicted molar refractivity (Wildman–Crippen MR) is 77.2 cm³/mol. The Hall–Kier alpha value is -1.63. The molecule has 5 N–H and O–H groups in total. The average Bonchev–Trinajstić information content (AvgIpc) is 2.49. The molecule has 1 aliphatic rings. The quantitative estimate of drug-likeness (QED) is 0.403. The van der Waals surface area contributed by atoms with Crippen LogP contribution in [0.4, 0.5) is 0 Å². The van der Waals surface area contributed by atoms with E-state index in [-0.39, 0.29) is 5.91 Å². The molecule has 1 heterocycles. The van der Waals surface area contributed by atoms with Crippen LogP contribution in [0.15, 0.2) is 24.3 Å². The van der Waals surface area contributed by atoms with Crippen LogP contribution in [0, 0.1) is 0 Å². The van der Waals surface area contributed by atoms with Gasteiger partial charge in [0, 0.05) is 12.6 Å². The van der Waals surface area contributed by atoms with Gasteiger partial charge in [-0.25, -0.2) is 5.84 Å². The molecule has 2 rings (SSSR count). The number of hydrazine groups is 1. The van der Waals surface area contributed by atoms with E-state index < -0.39 is 0 Å². The van der Waals surface area contributed by atoms with Gasteiger partial charge in [0.25, 0.3) is 5.91 Å². The smallest absolute Gasteiger partial charge is 0.268 e. The van der Waals surface area contributed by atoms with Crippen molar-refractivity contribution < 1.29 is 9.53 Å². The molecule has 1 aromatic rings. The molecule has 20 heavy (non-hydrogen) atoms. The van der Waals surface area contributed by atoms with E-state index in [1.54, 1.807) is 18.2 Å². The Bertz CT molecular complexity index is 445. The van der Waals surface area contributed by atoms with Crippen LogP contribution in [0.25, 0.3) is 0 Å². The number of likely N-dealkylation sites (tertiary alicyclic amines) is 1. The number of nitrogens with zero attached hydrogens (tertiary/aromatic N) is 1. The number of ether oxygens (including phenoxy) is 1. The molecule has 1 amide bonds. The Kier molecular flexibility index (Phi) is 5.34. The lowest BCUT2D eigenvalue weighted by Crippen LogP contribution is -2.41. The van der Waals surface area contributed by atoms with Gasteiger partial charge in [-0.15, -0.1) is 0 Å². The van der Waals surface area contributed by atoms with Crippen molar-refractivity contribution in [2.45, 2.75) is 18.9 Å². The minimum Gasteiger partial charge on any atom is -0.491 e. The van der Waals surface area contributed by atoms with Crippen molar-refractivity contribution in [3.8, 4) is 5.75 Å². The Balaban J connectivity index is 1.83. The van der Waals surface area contributed by atoms with E-state index in [1.807, 2.05) is 6.07 Å². The lowest BCUT2D eigenvalue weighted by molar-refractivity contribution is 0.0948. The summed E-state index contributed by atoms with van der Waals surface area (Å²) in [5, 5.41) is 0. The summed E-state index contributed by atoms with van der Waals surface area (Å²) in [5.41, 5.74) is 8.45. The summed E-state index contributed by atoms with van der Waals surface area (Å²) in [6, 6.07) is 7.42. The van der Waals surface area contributed by atoms with Gasteiger partial charge in [-0.2, -0.15) is 0 Å². The highest BCUT2D eigenvalue weighted by Crippen LogP contribution is 2.17. The average molecular weight is 278 g/mol. The summed E-state index contributed by atoms with van der Waals surface area (Å²) in [6.45, 7) is 3.40. The first-order chi connectivity index (χ1) is 9.70. The van der Waals surface area contributed by atoms with Gasteiger partial charge < -0.3 is 10.5 Å². The number of nitrogens with one attached hydrogen (secondary N) is 1. The number of nitrogen functional groups attached to an aromatic ring is 1. The molecule has 1 saturated heterocycles. The molecule has 1 fully saturated rings. The van der Waals surface area contributed by atoms with Crippen molar-refractivity contribution >= 4 is 5.91 Å². The number of benzene rings is 1. The number of hydrogen-bond donors (Lipinski definition) is 3. The molecule has 0 atom stereocenters. The number of nitrogens with two attached hydrogens (primary N) is 2. The second kappa shape index (κ2) is 7.23. The molecule has 1 aromatic carbocycles. The molecule has 0 radical (unpaired) electrons. The van der Waals surface area contributed by atoms with Crippen LogP contribution in [0.2, 0.25) is 0 Å². The highest BCUT2D eigenvalue weighted by molar-refractivity contribution is 5.96. The van der Waals surface area contributed by atoms with Crippen LogP contribution in [0.3, 0.4) is 0 Å². The van der Waals surface area contributed by atoms with Gasteiger partial charge in [0.2, 0.25) is 0 Å². The normalized spacial score (nSPS) is 16.9. The summed E-state index contributed by atoms with van der Waals surface area (Å²) in [7, 11) is 0. The molecule has 6 nitrogen and oxygen atoms in total. The maximum atomic E-state index is 11.6. The predicted octanol–water partition coefficient (Wildman–Crippen LogP) is 0.0920. The van der Waals surface area contributed by atoms with Crippen LogP contribution >= 0.6 is 0 Å². The number of para-hydroxylation sites is 1. The number of carbonyl (C=O) groups excluding carboxylic acids is 1. The van der Waals surface area contributed by atoms with Gasteiger partial charge in [-0.05, 0) is 38.1 Å². The maximum absolute atomic E-state index is 11.6. The number of hydrogen-bond acceptors (Lipinski definition) is 5. The molecule has 0 saturated carbocycles. The van der Waals surface area contributed by atoms with Crippen LogP contribution < -0.4 is 21.7 Å². The van der Waals surface area contributed by atoms with Crippen LogP contribution in [0.1, 0.15) is 23.2 Å². The van der Waals surface area contributed by atoms with Crippen molar-refractivity contribution in [1.82, 2.24) is 10.3 Å². The maximum Gasteiger partial charge on any atom is 0.268 e. The molecule has 1 aliphatic heterocycles. The third kappa shape index (κ3) is 3.93. The second-order valence-corrected chi connectivity index (χ2v) is 5.00. The number of carbonyl (C=O) groups is 1. The topological polar surface area (TPSA) is 93.6 Å². The summed E-state index contributed by atoms with van der Waals surface area (Å²) >= 11 is 0. The zero-order chi connectivity index (χ0) is 14.4. The second-order valence-electron chi connectivity index (χ2n) is 5.00. The highest BCUT2D eigenvalue weighted by Gasteiger charge is 2.16. The fraction of sp³-hybridized carbons (Fsp3) is 0.500. The summed E-state index contributed by atoms with van der Waals surface area (Å²) in [5.74, 6) is 5.37. The molecule has 110 valence electrons. The fourth-order valence-corrected chi connectivity index (χ4v) is 2.32. The van der Waals surface area contributed by atoms with E-state index in [0.717, 1.165) is 32.5 Å². The van der Waals surface area contributed by atoms with Gasteiger partial charge in [-0.3, -0.25) is 15.1 Å². The zero-order valence-electron chi connectivity index (χ0n) is 11.5. The van der Waals surface area contributed by atoms with Crippen LogP contribution in [-0.2, 0) is 0 Å². The van der Waals surface area contributed by atoms with E-state index >= 15 is 0 Å². The molecule has 0 spiro atoms. The summed E-state index contributed by atoms with van der Waals surface area (Å²) < 4.78 is 5.70. The lowest BCUT2D eigenvalue weighted by atomic mass is 10.1. The Morgan fingerprint density at radius 1 is 1.35 bits per heavy atom. The molecular weight excluding hydrogens is 256 g/mol. The number of rotatable bonds is 5. The first kappa shape index (κ1) is 14.8. The van der Waals surface area contributed by atoms with E-state index in [0.29, 0.717) is 24.0 Å². The third-order valence-corrected chi connectivity index (χ3v) is 3.56. The monoisotopic (exact) mass is 278 g/mol. The highest BCUT2D eigenvalue weighted by atomic mass is 16.5. The van der Waals surface area contributed by atoms with Crippen molar-refractivity contribution in [2.75, 3.05) is 26.2 Å². The van der Waals surface area contributed by atoms with Crippen molar-refractivity contribution in [2.24, 2.45) is 11.6 Å². The fourth-order valence-electron chi connectivity index (χ4n) is 2.32. The molecule has 0 bridgehead atoms. The van der Waals surface area contributed by atoms with Gasteiger partial charge in [-0.1, -0.05) is 12.1 Å². The van der Waals surface area contributed by atoms with Crippen LogP contribution in [0.5, 0.6) is 5.75 Å². The minimum atomic E-state index is -0.343. The van der Waals surface area contributed by atoms with E-state index in [2.05, 4.69) is 10.3 Å². The van der Waals surface area contributed by atoms with Gasteiger partial charge in [0.05, 0.1) is 5.56 Å². The molecular formula is C14H22N4O2. The lowest BCUT2D eigenvalue weighted by Gasteiger charge is -2.29. The zero-order valence-corrected chi connectivity index (χ0v) is 11.5. The first-order valence-electron chi connectivity index (χ1n) is 6.91. The Morgan fingerprint density at radius 3 is 2.75 bits per heavy atom. The van der Waals surface area contributed by atoms with E-state index in [4.69, 9.17) is 16.3 Å². The van der Waals surface area contributed by atoms with Crippen LogP contribution in [-0.4, -0.2) is 43.1 Å². The minimum absolute atomic E-state index is 0.334. The molecule has 0 unspecified atom stereocenters. The number of amides is 1. The Labute approximate surface area is 119 Å². The first-order valence-corrected chi connectivity index (χ1v) is 6.91. The van der Waals surface area contributed by atoms with Gasteiger partial charge in [0.1, 0.15) is 12.4 Å². The standard InChI is InChI=1S/C14H22N4O2/c15-11-5-7-18(8-6-11)9-10-20-13-4-2-1-3-12(13)14(19)17-16/h1-4,11H,5-10,15-16H2,(H,17,19). The largest absolute Gasteiger partial charge is 0.491 e. The van der Waals surface area contributed by atoms with E-state index in [9.17, 15) is 4.79 Å². The van der Waals surface area contributed by atoms with Gasteiger partial charge in [0.15, 0.2) is 0 Å². The van der Waals surface area contributed by atoms with Crippen molar-refractivity contribution in [3.63, 3.8) is 0 Å². The summed E-state index contributed by atoms with van der Waals surface area (Å²) in [4.78, 5) is 13.9. The Morgan fingerprint density at radius 2 is 2.05 bits per heavy atom.